The molecule has 0 aromatic heterocycles. The maximum absolute atomic E-state index is 11.7. The Hall–Kier alpha value is -1.10. The fraction of sp³-hybridized carbons (Fsp3) is 0.846. The second-order valence-corrected chi connectivity index (χ2v) is 5.27. The lowest BCUT2D eigenvalue weighted by molar-refractivity contribution is -0.125. The van der Waals surface area contributed by atoms with E-state index in [1.54, 1.807) is 0 Å². The predicted molar refractivity (Wildman–Crippen MR) is 71.1 cm³/mol. The Morgan fingerprint density at radius 3 is 2.33 bits per heavy atom. The van der Waals surface area contributed by atoms with Crippen LogP contribution in [0, 0.1) is 5.92 Å². The van der Waals surface area contributed by atoms with Crippen molar-refractivity contribution in [2.45, 2.75) is 39.7 Å². The molecule has 1 rings (SSSR count). The summed E-state index contributed by atoms with van der Waals surface area (Å²) in [5.74, 6) is 0.677. The van der Waals surface area contributed by atoms with Crippen LogP contribution < -0.4 is 10.6 Å². The van der Waals surface area contributed by atoms with Crippen molar-refractivity contribution in [3.05, 3.63) is 0 Å². The number of hydrogen-bond acceptors (Lipinski definition) is 3. The molecule has 0 aromatic carbocycles. The van der Waals surface area contributed by atoms with Gasteiger partial charge in [-0.1, -0.05) is 6.92 Å². The minimum Gasteiger partial charge on any atom is -0.355 e. The third-order valence-corrected chi connectivity index (χ3v) is 2.92. The fourth-order valence-corrected chi connectivity index (χ4v) is 1.69. The highest BCUT2D eigenvalue weighted by molar-refractivity contribution is 5.81. The monoisotopic (exact) mass is 255 g/mol. The lowest BCUT2D eigenvalue weighted by Gasteiger charge is -2.20. The lowest BCUT2D eigenvalue weighted by Crippen LogP contribution is -2.44. The molecular weight excluding hydrogens is 230 g/mol. The van der Waals surface area contributed by atoms with Crippen LogP contribution in [0.3, 0.4) is 0 Å². The van der Waals surface area contributed by atoms with Crippen molar-refractivity contribution in [3.8, 4) is 0 Å². The SMILES string of the molecule is CCN(CC(=O)NCC1CC1)CC(=O)NC(C)C. The summed E-state index contributed by atoms with van der Waals surface area (Å²) in [6, 6.07) is 0.139. The van der Waals surface area contributed by atoms with Crippen molar-refractivity contribution in [2.24, 2.45) is 5.92 Å². The van der Waals surface area contributed by atoms with Gasteiger partial charge in [-0.15, -0.1) is 0 Å². The number of carbonyl (C=O) groups is 2. The number of carbonyl (C=O) groups excluding carboxylic acids is 2. The third-order valence-electron chi connectivity index (χ3n) is 2.92. The van der Waals surface area contributed by atoms with Crippen LogP contribution in [-0.4, -0.2) is 48.9 Å². The molecule has 0 heterocycles. The Kier molecular flexibility index (Phi) is 6.12. The van der Waals surface area contributed by atoms with Crippen LogP contribution in [0.15, 0.2) is 0 Å². The number of rotatable bonds is 8. The molecule has 1 saturated carbocycles. The molecule has 1 aliphatic rings. The molecule has 0 aromatic rings. The van der Waals surface area contributed by atoms with Crippen LogP contribution in [-0.2, 0) is 9.59 Å². The molecule has 0 saturated heterocycles. The molecule has 5 nitrogen and oxygen atoms in total. The maximum Gasteiger partial charge on any atom is 0.234 e. The summed E-state index contributed by atoms with van der Waals surface area (Å²) >= 11 is 0. The largest absolute Gasteiger partial charge is 0.355 e. The second-order valence-electron chi connectivity index (χ2n) is 5.27. The number of amides is 2. The molecule has 18 heavy (non-hydrogen) atoms. The summed E-state index contributed by atoms with van der Waals surface area (Å²) in [4.78, 5) is 25.1. The summed E-state index contributed by atoms with van der Waals surface area (Å²) in [5, 5.41) is 5.74. The van der Waals surface area contributed by atoms with E-state index in [1.165, 1.54) is 12.8 Å². The van der Waals surface area contributed by atoms with E-state index in [0.717, 1.165) is 6.54 Å². The summed E-state index contributed by atoms with van der Waals surface area (Å²) < 4.78 is 0. The molecule has 104 valence electrons. The highest BCUT2D eigenvalue weighted by Crippen LogP contribution is 2.27. The van der Waals surface area contributed by atoms with Crippen LogP contribution in [0.4, 0.5) is 0 Å². The number of hydrogen-bond donors (Lipinski definition) is 2. The van der Waals surface area contributed by atoms with Crippen molar-refractivity contribution in [3.63, 3.8) is 0 Å². The minimum atomic E-state index is -0.0261. The Balaban J connectivity index is 2.22. The number of nitrogens with zero attached hydrogens (tertiary/aromatic N) is 1. The van der Waals surface area contributed by atoms with Gasteiger partial charge in [-0.05, 0) is 39.2 Å². The van der Waals surface area contributed by atoms with Crippen LogP contribution in [0.1, 0.15) is 33.6 Å². The van der Waals surface area contributed by atoms with Crippen molar-refractivity contribution < 1.29 is 9.59 Å². The zero-order chi connectivity index (χ0) is 13.5. The van der Waals surface area contributed by atoms with Crippen molar-refractivity contribution in [1.29, 1.82) is 0 Å². The van der Waals surface area contributed by atoms with Crippen LogP contribution >= 0.6 is 0 Å². The van der Waals surface area contributed by atoms with E-state index in [4.69, 9.17) is 0 Å². The molecule has 0 atom stereocenters. The number of likely N-dealkylation sites (N-methyl/N-ethyl adjacent to an activating group) is 1. The van der Waals surface area contributed by atoms with Gasteiger partial charge in [0.15, 0.2) is 0 Å². The van der Waals surface area contributed by atoms with Crippen LogP contribution in [0.5, 0.6) is 0 Å². The Morgan fingerprint density at radius 1 is 1.22 bits per heavy atom. The first-order chi connectivity index (χ1) is 8.51. The van der Waals surface area contributed by atoms with E-state index in [-0.39, 0.29) is 24.4 Å². The molecule has 0 radical (unpaired) electrons. The van der Waals surface area contributed by atoms with Crippen LogP contribution in [0.25, 0.3) is 0 Å². The average Bonchev–Trinajstić information content (AvgIpc) is 3.08. The van der Waals surface area contributed by atoms with Gasteiger partial charge in [0.25, 0.3) is 0 Å². The van der Waals surface area contributed by atoms with Crippen LogP contribution in [0.2, 0.25) is 0 Å². The summed E-state index contributed by atoms with van der Waals surface area (Å²) in [6.07, 6.45) is 2.46. The summed E-state index contributed by atoms with van der Waals surface area (Å²) in [5.41, 5.74) is 0. The molecule has 0 spiro atoms. The topological polar surface area (TPSA) is 61.4 Å². The zero-order valence-corrected chi connectivity index (χ0v) is 11.7. The normalized spacial score (nSPS) is 14.9. The van der Waals surface area contributed by atoms with Gasteiger partial charge in [0.2, 0.25) is 11.8 Å². The highest BCUT2D eigenvalue weighted by Gasteiger charge is 2.22. The first-order valence-corrected chi connectivity index (χ1v) is 6.79. The Labute approximate surface area is 109 Å². The summed E-state index contributed by atoms with van der Waals surface area (Å²) in [6.45, 7) is 7.88. The molecule has 1 aliphatic carbocycles. The van der Waals surface area contributed by atoms with Crippen molar-refractivity contribution in [2.75, 3.05) is 26.2 Å². The lowest BCUT2D eigenvalue weighted by atomic mass is 10.3. The minimum absolute atomic E-state index is 0.0149. The van der Waals surface area contributed by atoms with E-state index in [9.17, 15) is 9.59 Å². The Bertz CT molecular complexity index is 288. The smallest absolute Gasteiger partial charge is 0.234 e. The van der Waals surface area contributed by atoms with E-state index < -0.39 is 0 Å². The quantitative estimate of drug-likeness (QED) is 0.658. The zero-order valence-electron chi connectivity index (χ0n) is 11.7. The van der Waals surface area contributed by atoms with Gasteiger partial charge in [0.1, 0.15) is 0 Å². The second kappa shape index (κ2) is 7.36. The van der Waals surface area contributed by atoms with Gasteiger partial charge in [0.05, 0.1) is 13.1 Å². The highest BCUT2D eigenvalue weighted by atomic mass is 16.2. The van der Waals surface area contributed by atoms with E-state index >= 15 is 0 Å². The van der Waals surface area contributed by atoms with Gasteiger partial charge >= 0.3 is 0 Å². The van der Waals surface area contributed by atoms with Crippen molar-refractivity contribution >= 4 is 11.8 Å². The van der Waals surface area contributed by atoms with E-state index in [0.29, 0.717) is 19.0 Å². The molecule has 2 N–H and O–H groups in total. The van der Waals surface area contributed by atoms with Gasteiger partial charge in [-0.3, -0.25) is 14.5 Å². The first-order valence-electron chi connectivity index (χ1n) is 6.79. The molecule has 2 amide bonds. The van der Waals surface area contributed by atoms with Gasteiger partial charge in [-0.25, -0.2) is 0 Å². The average molecular weight is 255 g/mol. The van der Waals surface area contributed by atoms with E-state index in [2.05, 4.69) is 10.6 Å². The third kappa shape index (κ3) is 6.59. The first kappa shape index (κ1) is 15.0. The van der Waals surface area contributed by atoms with Gasteiger partial charge < -0.3 is 10.6 Å². The molecule has 0 bridgehead atoms. The predicted octanol–water partition coefficient (Wildman–Crippen LogP) is 0.359. The fourth-order valence-electron chi connectivity index (χ4n) is 1.69. The van der Waals surface area contributed by atoms with Gasteiger partial charge in [0, 0.05) is 12.6 Å². The standard InChI is InChI=1S/C13H25N3O2/c1-4-16(9-13(18)15-10(2)3)8-12(17)14-7-11-5-6-11/h10-11H,4-9H2,1-3H3,(H,14,17)(H,15,18). The molecule has 1 fully saturated rings. The summed E-state index contributed by atoms with van der Waals surface area (Å²) in [7, 11) is 0. The molecular formula is C13H25N3O2. The molecule has 0 unspecified atom stereocenters. The molecule has 5 heteroatoms. The van der Waals surface area contributed by atoms with Gasteiger partial charge in [-0.2, -0.15) is 0 Å². The Morgan fingerprint density at radius 2 is 1.83 bits per heavy atom. The molecule has 0 aliphatic heterocycles. The maximum atomic E-state index is 11.7. The van der Waals surface area contributed by atoms with Crippen molar-refractivity contribution in [1.82, 2.24) is 15.5 Å². The number of nitrogens with one attached hydrogen (secondary N) is 2. The van der Waals surface area contributed by atoms with E-state index in [1.807, 2.05) is 25.7 Å².